The van der Waals surface area contributed by atoms with Crippen LogP contribution in [-0.4, -0.2) is 23.1 Å². The largest absolute Gasteiger partial charge is 0.481 e. The second-order valence-electron chi connectivity index (χ2n) is 11.3. The molecule has 0 spiro atoms. The van der Waals surface area contributed by atoms with Crippen LogP contribution in [0.1, 0.15) is 168 Å². The molecule has 0 aromatic heterocycles. The van der Waals surface area contributed by atoms with Gasteiger partial charge in [-0.1, -0.05) is 127 Å². The molecule has 0 aromatic carbocycles. The SMILES string of the molecule is CC/C=C\C/C=C\C/C=C\C(CCCCCCCCC(=O)O)OC(=O)CCCCCCC/C=C\CCCCCCC. The molecule has 0 saturated carbocycles. The summed E-state index contributed by atoms with van der Waals surface area (Å²) in [6.07, 6.45) is 42.8. The molecule has 0 bridgehead atoms. The Kier molecular flexibility index (Phi) is 30.8. The van der Waals surface area contributed by atoms with Crippen molar-refractivity contribution < 1.29 is 19.4 Å². The average Bonchev–Trinajstić information content (AvgIpc) is 2.95. The van der Waals surface area contributed by atoms with Crippen LogP contribution in [0.3, 0.4) is 0 Å². The number of carbonyl (C=O) groups is 2. The van der Waals surface area contributed by atoms with E-state index in [0.717, 1.165) is 77.0 Å². The molecular weight excluding hydrogens is 508 g/mol. The predicted octanol–water partition coefficient (Wildman–Crippen LogP) is 11.6. The summed E-state index contributed by atoms with van der Waals surface area (Å²) in [5, 5.41) is 8.74. The van der Waals surface area contributed by atoms with Crippen molar-refractivity contribution in [2.24, 2.45) is 0 Å². The van der Waals surface area contributed by atoms with Crippen molar-refractivity contribution in [3.8, 4) is 0 Å². The number of hydrogen-bond donors (Lipinski definition) is 1. The second kappa shape index (κ2) is 32.4. The summed E-state index contributed by atoms with van der Waals surface area (Å²) < 4.78 is 5.86. The Bertz CT molecular complexity index is 704. The molecule has 0 rings (SSSR count). The fraction of sp³-hybridized carbons (Fsp3) is 0.730. The third-order valence-corrected chi connectivity index (χ3v) is 7.27. The average molecular weight is 573 g/mol. The summed E-state index contributed by atoms with van der Waals surface area (Å²) in [5.74, 6) is -0.782. The Morgan fingerprint density at radius 1 is 0.585 bits per heavy atom. The van der Waals surface area contributed by atoms with Crippen LogP contribution < -0.4 is 0 Å². The lowest BCUT2D eigenvalue weighted by Crippen LogP contribution is -2.16. The molecular formula is C37H64O4. The molecule has 0 saturated heterocycles. The van der Waals surface area contributed by atoms with E-state index in [9.17, 15) is 9.59 Å². The van der Waals surface area contributed by atoms with Gasteiger partial charge >= 0.3 is 11.9 Å². The highest BCUT2D eigenvalue weighted by atomic mass is 16.5. The van der Waals surface area contributed by atoms with Gasteiger partial charge in [0.15, 0.2) is 0 Å². The first-order chi connectivity index (χ1) is 20.1. The maximum Gasteiger partial charge on any atom is 0.306 e. The summed E-state index contributed by atoms with van der Waals surface area (Å²) in [6.45, 7) is 4.40. The van der Waals surface area contributed by atoms with Crippen molar-refractivity contribution >= 4 is 11.9 Å². The lowest BCUT2D eigenvalue weighted by Gasteiger charge is -2.14. The zero-order valence-electron chi connectivity index (χ0n) is 26.8. The van der Waals surface area contributed by atoms with Crippen molar-refractivity contribution in [3.05, 3.63) is 48.6 Å². The maximum atomic E-state index is 12.5. The van der Waals surface area contributed by atoms with Crippen LogP contribution in [0.5, 0.6) is 0 Å². The summed E-state index contributed by atoms with van der Waals surface area (Å²) in [7, 11) is 0. The number of hydrogen-bond acceptors (Lipinski definition) is 3. The minimum absolute atomic E-state index is 0.0737. The number of rotatable bonds is 30. The van der Waals surface area contributed by atoms with E-state index in [-0.39, 0.29) is 18.5 Å². The Morgan fingerprint density at radius 2 is 1.10 bits per heavy atom. The van der Waals surface area contributed by atoms with Crippen LogP contribution in [0.4, 0.5) is 0 Å². The normalized spacial score (nSPS) is 12.8. The van der Waals surface area contributed by atoms with Gasteiger partial charge in [0.25, 0.3) is 0 Å². The Morgan fingerprint density at radius 3 is 1.71 bits per heavy atom. The van der Waals surface area contributed by atoms with E-state index in [1.807, 2.05) is 0 Å². The number of ether oxygens (including phenoxy) is 1. The summed E-state index contributed by atoms with van der Waals surface area (Å²) in [5.41, 5.74) is 0. The van der Waals surface area contributed by atoms with Crippen LogP contribution in [0, 0.1) is 0 Å². The highest BCUT2D eigenvalue weighted by Crippen LogP contribution is 2.15. The summed E-state index contributed by atoms with van der Waals surface area (Å²) >= 11 is 0. The van der Waals surface area contributed by atoms with Gasteiger partial charge in [-0.3, -0.25) is 9.59 Å². The Hall–Kier alpha value is -2.10. The highest BCUT2D eigenvalue weighted by Gasteiger charge is 2.11. The summed E-state index contributed by atoms with van der Waals surface area (Å²) in [6, 6.07) is 0. The zero-order valence-corrected chi connectivity index (χ0v) is 26.8. The van der Waals surface area contributed by atoms with Gasteiger partial charge in [0.2, 0.25) is 0 Å². The fourth-order valence-corrected chi connectivity index (χ4v) is 4.76. The Labute approximate surface area is 253 Å². The molecule has 1 atom stereocenters. The van der Waals surface area contributed by atoms with E-state index in [1.54, 1.807) is 0 Å². The molecule has 1 N–H and O–H groups in total. The molecule has 0 radical (unpaired) electrons. The highest BCUT2D eigenvalue weighted by molar-refractivity contribution is 5.69. The number of carbonyl (C=O) groups excluding carboxylic acids is 1. The topological polar surface area (TPSA) is 63.6 Å². The van der Waals surface area contributed by atoms with Crippen LogP contribution in [0.15, 0.2) is 48.6 Å². The lowest BCUT2D eigenvalue weighted by molar-refractivity contribution is -0.147. The molecule has 4 heteroatoms. The first-order valence-corrected chi connectivity index (χ1v) is 17.1. The molecule has 0 aliphatic rings. The van der Waals surface area contributed by atoms with E-state index in [0.29, 0.717) is 6.42 Å². The molecule has 0 heterocycles. The van der Waals surface area contributed by atoms with E-state index in [2.05, 4.69) is 62.5 Å². The molecule has 236 valence electrons. The van der Waals surface area contributed by atoms with Crippen LogP contribution in [-0.2, 0) is 14.3 Å². The lowest BCUT2D eigenvalue weighted by atomic mass is 10.1. The third kappa shape index (κ3) is 32.3. The number of allylic oxidation sites excluding steroid dienone is 7. The van der Waals surface area contributed by atoms with Gasteiger partial charge in [0.1, 0.15) is 6.10 Å². The van der Waals surface area contributed by atoms with Gasteiger partial charge in [-0.25, -0.2) is 0 Å². The second-order valence-corrected chi connectivity index (χ2v) is 11.3. The Balaban J connectivity index is 4.16. The standard InChI is InChI=1S/C37H64O4/c1-3-5-7-9-11-13-14-15-16-17-18-20-26-30-34-37(40)41-35(31-27-23-19-12-10-8-6-4-2)32-28-24-21-22-25-29-33-36(38)39/h6,8,12,14-15,19,27,31,35H,3-5,7,9-11,13,16-18,20-26,28-30,32-34H2,1-2H3,(H,38,39)/b8-6-,15-14-,19-12-,31-27-. The number of unbranched alkanes of at least 4 members (excludes halogenated alkanes) is 15. The molecule has 0 amide bonds. The van der Waals surface area contributed by atoms with Gasteiger partial charge in [0, 0.05) is 12.8 Å². The van der Waals surface area contributed by atoms with E-state index in [1.165, 1.54) is 64.2 Å². The molecule has 0 aromatic rings. The van der Waals surface area contributed by atoms with Gasteiger partial charge in [0.05, 0.1) is 0 Å². The number of carboxylic acid groups (broad SMARTS) is 1. The van der Waals surface area contributed by atoms with Crippen molar-refractivity contribution in [2.75, 3.05) is 0 Å². The first-order valence-electron chi connectivity index (χ1n) is 17.1. The van der Waals surface area contributed by atoms with Gasteiger partial charge in [-0.15, -0.1) is 0 Å². The molecule has 0 fully saturated rings. The smallest absolute Gasteiger partial charge is 0.306 e. The first kappa shape index (κ1) is 38.9. The molecule has 0 aliphatic heterocycles. The minimum Gasteiger partial charge on any atom is -0.481 e. The van der Waals surface area contributed by atoms with Gasteiger partial charge < -0.3 is 9.84 Å². The van der Waals surface area contributed by atoms with E-state index >= 15 is 0 Å². The quantitative estimate of drug-likeness (QED) is 0.0528. The maximum absolute atomic E-state index is 12.5. The van der Waals surface area contributed by atoms with Gasteiger partial charge in [-0.2, -0.15) is 0 Å². The fourth-order valence-electron chi connectivity index (χ4n) is 4.76. The molecule has 1 unspecified atom stereocenters. The van der Waals surface area contributed by atoms with Gasteiger partial charge in [-0.05, 0) is 76.7 Å². The number of esters is 1. The van der Waals surface area contributed by atoms with Crippen LogP contribution in [0.2, 0.25) is 0 Å². The van der Waals surface area contributed by atoms with E-state index in [4.69, 9.17) is 9.84 Å². The number of aliphatic carboxylic acids is 1. The number of carboxylic acids is 1. The zero-order chi connectivity index (χ0) is 30.1. The van der Waals surface area contributed by atoms with Crippen molar-refractivity contribution in [2.45, 2.75) is 174 Å². The van der Waals surface area contributed by atoms with E-state index < -0.39 is 5.97 Å². The minimum atomic E-state index is -0.708. The molecule has 41 heavy (non-hydrogen) atoms. The molecule has 4 nitrogen and oxygen atoms in total. The van der Waals surface area contributed by atoms with Crippen LogP contribution in [0.25, 0.3) is 0 Å². The van der Waals surface area contributed by atoms with Crippen molar-refractivity contribution in [1.82, 2.24) is 0 Å². The predicted molar refractivity (Wildman–Crippen MR) is 176 cm³/mol. The molecule has 0 aliphatic carbocycles. The van der Waals surface area contributed by atoms with Crippen molar-refractivity contribution in [1.29, 1.82) is 0 Å². The summed E-state index contributed by atoms with van der Waals surface area (Å²) in [4.78, 5) is 23.2. The monoisotopic (exact) mass is 572 g/mol. The third-order valence-electron chi connectivity index (χ3n) is 7.27. The van der Waals surface area contributed by atoms with Crippen LogP contribution >= 0.6 is 0 Å². The van der Waals surface area contributed by atoms with Crippen molar-refractivity contribution in [3.63, 3.8) is 0 Å².